The van der Waals surface area contributed by atoms with E-state index >= 15 is 0 Å². The van der Waals surface area contributed by atoms with Gasteiger partial charge in [0.1, 0.15) is 22.7 Å². The van der Waals surface area contributed by atoms with Crippen molar-refractivity contribution >= 4 is 0 Å². The number of fused-ring (bicyclic) bond motifs is 4. The molecular formula is C26H33NO6. The number of aliphatic hydroxyl groups excluding tert-OH is 3. The van der Waals surface area contributed by atoms with E-state index in [-0.39, 0.29) is 29.8 Å². The molecule has 8 atom stereocenters. The zero-order chi connectivity index (χ0) is 23.8. The molecule has 2 unspecified atom stereocenters. The number of rotatable bonds is 2. The second kappa shape index (κ2) is 7.39. The van der Waals surface area contributed by atoms with Crippen molar-refractivity contribution in [2.75, 3.05) is 6.61 Å². The van der Waals surface area contributed by atoms with Crippen LogP contribution in [0.1, 0.15) is 58.6 Å². The molecule has 0 amide bonds. The molecule has 3 aliphatic rings. The van der Waals surface area contributed by atoms with Crippen molar-refractivity contribution in [3.63, 3.8) is 0 Å². The second-order valence-electron chi connectivity index (χ2n) is 11.0. The molecule has 2 aromatic heterocycles. The molecule has 3 N–H and O–H groups in total. The molecule has 178 valence electrons. The van der Waals surface area contributed by atoms with Crippen molar-refractivity contribution in [2.24, 2.45) is 28.6 Å². The van der Waals surface area contributed by atoms with Crippen LogP contribution in [-0.2, 0) is 0 Å². The zero-order valence-corrected chi connectivity index (χ0v) is 19.6. The van der Waals surface area contributed by atoms with Gasteiger partial charge in [-0.05, 0) is 61.0 Å². The Morgan fingerprint density at radius 3 is 2.67 bits per heavy atom. The number of aromatic nitrogens is 1. The molecule has 2 fully saturated rings. The van der Waals surface area contributed by atoms with Crippen LogP contribution in [0.2, 0.25) is 0 Å². The van der Waals surface area contributed by atoms with E-state index in [1.54, 1.807) is 30.6 Å². The highest BCUT2D eigenvalue weighted by atomic mass is 16.5. The average molecular weight is 456 g/mol. The van der Waals surface area contributed by atoms with Crippen LogP contribution in [0.5, 0.6) is 5.75 Å². The summed E-state index contributed by atoms with van der Waals surface area (Å²) in [6, 6.07) is 5.14. The van der Waals surface area contributed by atoms with Gasteiger partial charge in [0, 0.05) is 36.5 Å². The van der Waals surface area contributed by atoms with Crippen molar-refractivity contribution in [1.82, 2.24) is 4.98 Å². The van der Waals surface area contributed by atoms with Gasteiger partial charge >= 0.3 is 5.63 Å². The standard InChI is InChI=1S/C26H33NO6/c1-14-7-8-24(2)18(25(14,3)13-28)11-19(29)26(4)22(24)21(30)20-17(33-26)10-16(32-23(20)31)15-6-5-9-27-12-15/h5-6,9-10,12,14,18-19,21-22,28-30H,7-8,11,13H2,1-4H3/t14-,18?,19-,21-,22?,24-,25+,26+/m0/s1. The first kappa shape index (κ1) is 22.6. The van der Waals surface area contributed by atoms with Crippen LogP contribution in [0.15, 0.2) is 39.8 Å². The summed E-state index contributed by atoms with van der Waals surface area (Å²) >= 11 is 0. The zero-order valence-electron chi connectivity index (χ0n) is 19.6. The summed E-state index contributed by atoms with van der Waals surface area (Å²) in [5.41, 5.74) is -1.85. The normalized spacial score (nSPS) is 42.0. The first-order valence-electron chi connectivity index (χ1n) is 11.8. The highest BCUT2D eigenvalue weighted by Gasteiger charge is 2.68. The third kappa shape index (κ3) is 2.98. The predicted molar refractivity (Wildman–Crippen MR) is 122 cm³/mol. The molecule has 1 aliphatic heterocycles. The average Bonchev–Trinajstić information content (AvgIpc) is 2.78. The fourth-order valence-electron chi connectivity index (χ4n) is 7.32. The van der Waals surface area contributed by atoms with Crippen molar-refractivity contribution in [1.29, 1.82) is 0 Å². The van der Waals surface area contributed by atoms with E-state index in [2.05, 4.69) is 25.8 Å². The lowest BCUT2D eigenvalue weighted by atomic mass is 9.41. The number of aliphatic hydroxyl groups is 3. The van der Waals surface area contributed by atoms with Gasteiger partial charge in [-0.15, -0.1) is 0 Å². The molecule has 7 nitrogen and oxygen atoms in total. The van der Waals surface area contributed by atoms with Gasteiger partial charge in [0.2, 0.25) is 0 Å². The number of ether oxygens (including phenoxy) is 1. The summed E-state index contributed by atoms with van der Waals surface area (Å²) < 4.78 is 12.0. The SMILES string of the molecule is C[C@H]1CC[C@@]2(C)C(C[C@H](O)[C@@]3(C)Oc4cc(-c5cccnc5)oc(=O)c4[C@H](O)C23)[C@]1(C)CO. The van der Waals surface area contributed by atoms with Crippen LogP contribution in [0, 0.1) is 28.6 Å². The Hall–Kier alpha value is -2.22. The molecule has 0 spiro atoms. The lowest BCUT2D eigenvalue weighted by Gasteiger charge is -2.66. The molecular weight excluding hydrogens is 422 g/mol. The second-order valence-corrected chi connectivity index (χ2v) is 11.0. The molecule has 0 radical (unpaired) electrons. The Balaban J connectivity index is 1.65. The Bertz CT molecular complexity index is 1120. The van der Waals surface area contributed by atoms with Gasteiger partial charge in [0.15, 0.2) is 0 Å². The molecule has 2 aromatic rings. The molecule has 2 aliphatic carbocycles. The molecule has 7 heteroatoms. The summed E-state index contributed by atoms with van der Waals surface area (Å²) in [6.45, 7) is 8.19. The first-order chi connectivity index (χ1) is 15.6. The minimum Gasteiger partial charge on any atom is -0.484 e. The lowest BCUT2D eigenvalue weighted by Crippen LogP contribution is -2.69. The topological polar surface area (TPSA) is 113 Å². The Labute approximate surface area is 193 Å². The van der Waals surface area contributed by atoms with Gasteiger partial charge in [-0.25, -0.2) is 4.79 Å². The number of hydrogen-bond donors (Lipinski definition) is 3. The number of pyridine rings is 1. The maximum atomic E-state index is 13.1. The van der Waals surface area contributed by atoms with Crippen molar-refractivity contribution in [3.05, 3.63) is 46.6 Å². The smallest absolute Gasteiger partial charge is 0.345 e. The van der Waals surface area contributed by atoms with E-state index in [0.29, 0.717) is 17.7 Å². The van der Waals surface area contributed by atoms with Gasteiger partial charge < -0.3 is 24.5 Å². The van der Waals surface area contributed by atoms with E-state index in [1.807, 2.05) is 6.92 Å². The number of nitrogens with zero attached hydrogens (tertiary/aromatic N) is 1. The molecule has 0 bridgehead atoms. The van der Waals surface area contributed by atoms with Crippen LogP contribution in [0.3, 0.4) is 0 Å². The van der Waals surface area contributed by atoms with Crippen LogP contribution in [-0.4, -0.2) is 38.6 Å². The number of hydrogen-bond acceptors (Lipinski definition) is 7. The van der Waals surface area contributed by atoms with Crippen LogP contribution < -0.4 is 10.4 Å². The van der Waals surface area contributed by atoms with Crippen molar-refractivity contribution < 1.29 is 24.5 Å². The largest absolute Gasteiger partial charge is 0.484 e. The minimum atomic E-state index is -1.16. The van der Waals surface area contributed by atoms with E-state index < -0.39 is 40.2 Å². The fourth-order valence-corrected chi connectivity index (χ4v) is 7.32. The predicted octanol–water partition coefficient (Wildman–Crippen LogP) is 3.32. The summed E-state index contributed by atoms with van der Waals surface area (Å²) in [6.07, 6.45) is 3.37. The molecule has 5 rings (SSSR count). The van der Waals surface area contributed by atoms with Gasteiger partial charge in [-0.2, -0.15) is 0 Å². The van der Waals surface area contributed by atoms with Crippen molar-refractivity contribution in [3.8, 4) is 17.1 Å². The maximum absolute atomic E-state index is 13.1. The first-order valence-corrected chi connectivity index (χ1v) is 11.8. The van der Waals surface area contributed by atoms with Gasteiger partial charge in [0.25, 0.3) is 0 Å². The third-order valence-electron chi connectivity index (χ3n) is 9.46. The van der Waals surface area contributed by atoms with Crippen LogP contribution >= 0.6 is 0 Å². The van der Waals surface area contributed by atoms with Gasteiger partial charge in [-0.1, -0.05) is 20.8 Å². The molecule has 0 saturated heterocycles. The van der Waals surface area contributed by atoms with Gasteiger partial charge in [0.05, 0.1) is 12.2 Å². The van der Waals surface area contributed by atoms with E-state index in [0.717, 1.165) is 12.8 Å². The lowest BCUT2D eigenvalue weighted by molar-refractivity contribution is -0.256. The monoisotopic (exact) mass is 455 g/mol. The Morgan fingerprint density at radius 2 is 2.00 bits per heavy atom. The minimum absolute atomic E-state index is 0.00866. The quantitative estimate of drug-likeness (QED) is 0.637. The molecule has 3 heterocycles. The van der Waals surface area contributed by atoms with Gasteiger partial charge in [-0.3, -0.25) is 4.98 Å². The Kier molecular flexibility index (Phi) is 5.05. The van der Waals surface area contributed by atoms with Crippen molar-refractivity contribution in [2.45, 2.75) is 64.8 Å². The summed E-state index contributed by atoms with van der Waals surface area (Å²) in [5.74, 6) is 0.254. The third-order valence-corrected chi connectivity index (χ3v) is 9.46. The maximum Gasteiger partial charge on any atom is 0.345 e. The van der Waals surface area contributed by atoms with E-state index in [9.17, 15) is 20.1 Å². The summed E-state index contributed by atoms with van der Waals surface area (Å²) in [7, 11) is 0. The summed E-state index contributed by atoms with van der Waals surface area (Å²) in [5, 5.41) is 33.5. The van der Waals surface area contributed by atoms with E-state index in [1.165, 1.54) is 0 Å². The Morgan fingerprint density at radius 1 is 1.24 bits per heavy atom. The van der Waals surface area contributed by atoms with E-state index in [4.69, 9.17) is 9.15 Å². The highest BCUT2D eigenvalue weighted by molar-refractivity contribution is 5.59. The highest BCUT2D eigenvalue weighted by Crippen LogP contribution is 2.67. The fraction of sp³-hybridized carbons (Fsp3) is 0.615. The molecule has 33 heavy (non-hydrogen) atoms. The summed E-state index contributed by atoms with van der Waals surface area (Å²) in [4.78, 5) is 17.2. The molecule has 2 saturated carbocycles. The molecule has 0 aromatic carbocycles. The van der Waals surface area contributed by atoms with Crippen LogP contribution in [0.4, 0.5) is 0 Å². The van der Waals surface area contributed by atoms with Crippen LogP contribution in [0.25, 0.3) is 11.3 Å².